The number of H-pyrrole nitrogens is 1. The monoisotopic (exact) mass is 433 g/mol. The van der Waals surface area contributed by atoms with E-state index in [1.165, 1.54) is 5.56 Å². The molecule has 3 atom stereocenters. The number of aryl methyl sites for hydroxylation is 1. The average Bonchev–Trinajstić information content (AvgIpc) is 3.41. The third-order valence-electron chi connectivity index (χ3n) is 6.62. The molecule has 0 saturated heterocycles. The van der Waals surface area contributed by atoms with Gasteiger partial charge in [0, 0.05) is 12.6 Å². The smallest absolute Gasteiger partial charge is 0.253 e. The largest absolute Gasteiger partial charge is 0.504 e. The molecule has 4 rings (SSSR count). The summed E-state index contributed by atoms with van der Waals surface area (Å²) in [7, 11) is 1.70. The SMILES string of the molecule is Cc1[nH]nc(CN(C)C(=O)c2ccc(C[C@@H]3CC[C@H]([C@H](O)c4ccccc4)C3)cc2)c1O. The molecular formula is C26H31N3O3. The maximum Gasteiger partial charge on any atom is 0.253 e. The molecule has 6 heteroatoms. The lowest BCUT2D eigenvalue weighted by molar-refractivity contribution is 0.0782. The van der Waals surface area contributed by atoms with Crippen LogP contribution in [0.2, 0.25) is 0 Å². The molecule has 3 N–H and O–H groups in total. The topological polar surface area (TPSA) is 89.5 Å². The van der Waals surface area contributed by atoms with Gasteiger partial charge < -0.3 is 15.1 Å². The molecule has 1 aromatic heterocycles. The van der Waals surface area contributed by atoms with E-state index in [1.807, 2.05) is 54.6 Å². The molecule has 1 aliphatic carbocycles. The van der Waals surface area contributed by atoms with Gasteiger partial charge in [-0.25, -0.2) is 0 Å². The zero-order valence-corrected chi connectivity index (χ0v) is 18.7. The minimum absolute atomic E-state index is 0.104. The predicted octanol–water partition coefficient (Wildman–Crippen LogP) is 4.39. The fraction of sp³-hybridized carbons (Fsp3) is 0.385. The maximum absolute atomic E-state index is 12.8. The van der Waals surface area contributed by atoms with Crippen molar-refractivity contribution < 1.29 is 15.0 Å². The first kappa shape index (κ1) is 22.1. The first-order chi connectivity index (χ1) is 15.4. The van der Waals surface area contributed by atoms with Gasteiger partial charge in [0.1, 0.15) is 5.69 Å². The Labute approximate surface area is 188 Å². The number of benzene rings is 2. The fourth-order valence-electron chi connectivity index (χ4n) is 4.73. The van der Waals surface area contributed by atoms with Crippen molar-refractivity contribution >= 4 is 5.91 Å². The lowest BCUT2D eigenvalue weighted by atomic mass is 9.91. The Morgan fingerprint density at radius 3 is 2.53 bits per heavy atom. The van der Waals surface area contributed by atoms with Gasteiger partial charge in [-0.05, 0) is 67.7 Å². The quantitative estimate of drug-likeness (QED) is 0.516. The van der Waals surface area contributed by atoms with Crippen molar-refractivity contribution in [2.24, 2.45) is 11.8 Å². The number of hydrogen-bond donors (Lipinski definition) is 3. The molecule has 1 saturated carbocycles. The van der Waals surface area contributed by atoms with E-state index in [0.717, 1.165) is 31.2 Å². The van der Waals surface area contributed by atoms with Crippen LogP contribution in [0.3, 0.4) is 0 Å². The van der Waals surface area contributed by atoms with Gasteiger partial charge in [0.25, 0.3) is 5.91 Å². The summed E-state index contributed by atoms with van der Waals surface area (Å²) in [6, 6.07) is 17.7. The molecule has 168 valence electrons. The minimum Gasteiger partial charge on any atom is -0.504 e. The highest BCUT2D eigenvalue weighted by Crippen LogP contribution is 2.40. The van der Waals surface area contributed by atoms with Gasteiger partial charge in [0.15, 0.2) is 5.75 Å². The number of hydrogen-bond acceptors (Lipinski definition) is 4. The van der Waals surface area contributed by atoms with Crippen molar-refractivity contribution in [3.8, 4) is 5.75 Å². The van der Waals surface area contributed by atoms with Crippen molar-refractivity contribution in [3.63, 3.8) is 0 Å². The number of aromatic amines is 1. The Morgan fingerprint density at radius 1 is 1.16 bits per heavy atom. The van der Waals surface area contributed by atoms with E-state index in [-0.39, 0.29) is 18.2 Å². The number of aliphatic hydroxyl groups is 1. The fourth-order valence-corrected chi connectivity index (χ4v) is 4.73. The number of nitrogens with one attached hydrogen (secondary N) is 1. The van der Waals surface area contributed by atoms with Gasteiger partial charge >= 0.3 is 0 Å². The zero-order chi connectivity index (χ0) is 22.7. The summed E-state index contributed by atoms with van der Waals surface area (Å²) in [5.74, 6) is 0.850. The van der Waals surface area contributed by atoms with Crippen LogP contribution in [-0.2, 0) is 13.0 Å². The molecule has 0 bridgehead atoms. The van der Waals surface area contributed by atoms with E-state index in [0.29, 0.717) is 28.8 Å². The number of aliphatic hydroxyl groups excluding tert-OH is 1. The van der Waals surface area contributed by atoms with Crippen LogP contribution in [0.5, 0.6) is 5.75 Å². The summed E-state index contributed by atoms with van der Waals surface area (Å²) < 4.78 is 0. The van der Waals surface area contributed by atoms with E-state index in [4.69, 9.17) is 0 Å². The van der Waals surface area contributed by atoms with Gasteiger partial charge in [-0.3, -0.25) is 9.89 Å². The highest BCUT2D eigenvalue weighted by atomic mass is 16.3. The second-order valence-corrected chi connectivity index (χ2v) is 9.00. The molecule has 1 heterocycles. The van der Waals surface area contributed by atoms with E-state index in [9.17, 15) is 15.0 Å². The highest BCUT2D eigenvalue weighted by Gasteiger charge is 2.30. The third kappa shape index (κ3) is 4.86. The van der Waals surface area contributed by atoms with Crippen molar-refractivity contribution in [1.29, 1.82) is 0 Å². The Kier molecular flexibility index (Phi) is 6.61. The zero-order valence-electron chi connectivity index (χ0n) is 18.7. The molecule has 1 aliphatic rings. The van der Waals surface area contributed by atoms with E-state index >= 15 is 0 Å². The molecule has 3 aromatic rings. The number of carbonyl (C=O) groups is 1. The van der Waals surface area contributed by atoms with Crippen LogP contribution in [0.25, 0.3) is 0 Å². The maximum atomic E-state index is 12.8. The van der Waals surface area contributed by atoms with Gasteiger partial charge in [-0.2, -0.15) is 5.10 Å². The molecule has 0 unspecified atom stereocenters. The molecule has 0 spiro atoms. The van der Waals surface area contributed by atoms with Crippen molar-refractivity contribution in [3.05, 3.63) is 82.7 Å². The van der Waals surface area contributed by atoms with Crippen molar-refractivity contribution in [2.45, 2.75) is 45.3 Å². The average molecular weight is 434 g/mol. The Morgan fingerprint density at radius 2 is 1.88 bits per heavy atom. The van der Waals surface area contributed by atoms with Crippen LogP contribution in [0.1, 0.15) is 58.2 Å². The lowest BCUT2D eigenvalue weighted by Gasteiger charge is -2.19. The van der Waals surface area contributed by atoms with E-state index in [2.05, 4.69) is 10.2 Å². The molecule has 1 amide bonds. The molecule has 0 aliphatic heterocycles. The van der Waals surface area contributed by atoms with E-state index < -0.39 is 6.10 Å². The molecular weight excluding hydrogens is 402 g/mol. The van der Waals surface area contributed by atoms with Crippen LogP contribution < -0.4 is 0 Å². The molecule has 32 heavy (non-hydrogen) atoms. The molecule has 0 radical (unpaired) electrons. The molecule has 6 nitrogen and oxygen atoms in total. The van der Waals surface area contributed by atoms with Crippen LogP contribution >= 0.6 is 0 Å². The standard InChI is InChI=1S/C26H31N3O3/c1-17-24(30)23(28-27-17)16-29(2)26(32)21-11-8-18(9-12-21)14-19-10-13-22(15-19)25(31)20-6-4-3-5-7-20/h3-9,11-12,19,22,25,30-31H,10,13-16H2,1-2H3,(H,27,28)/t19-,22-,25+/m0/s1. The Bertz CT molecular complexity index is 1050. The summed E-state index contributed by atoms with van der Waals surface area (Å²) >= 11 is 0. The molecule has 1 fully saturated rings. The summed E-state index contributed by atoms with van der Waals surface area (Å²) in [5.41, 5.74) is 3.89. The normalized spacial score (nSPS) is 19.1. The number of nitrogens with zero attached hydrogens (tertiary/aromatic N) is 2. The Hall–Kier alpha value is -3.12. The highest BCUT2D eigenvalue weighted by molar-refractivity contribution is 5.94. The summed E-state index contributed by atoms with van der Waals surface area (Å²) in [4.78, 5) is 14.3. The van der Waals surface area contributed by atoms with Gasteiger partial charge in [-0.1, -0.05) is 42.5 Å². The third-order valence-corrected chi connectivity index (χ3v) is 6.62. The van der Waals surface area contributed by atoms with Crippen LogP contribution in [0.4, 0.5) is 0 Å². The lowest BCUT2D eigenvalue weighted by Crippen LogP contribution is -2.26. The van der Waals surface area contributed by atoms with E-state index in [1.54, 1.807) is 18.9 Å². The van der Waals surface area contributed by atoms with Gasteiger partial charge in [0.2, 0.25) is 0 Å². The summed E-state index contributed by atoms with van der Waals surface area (Å²) in [5, 5.41) is 27.5. The first-order valence-electron chi connectivity index (χ1n) is 11.2. The number of rotatable bonds is 7. The second kappa shape index (κ2) is 9.57. The van der Waals surface area contributed by atoms with Crippen LogP contribution in [0, 0.1) is 18.8 Å². The van der Waals surface area contributed by atoms with Gasteiger partial charge in [0.05, 0.1) is 18.3 Å². The number of aromatic hydroxyl groups is 1. The number of carbonyl (C=O) groups excluding carboxylic acids is 1. The van der Waals surface area contributed by atoms with Crippen molar-refractivity contribution in [1.82, 2.24) is 15.1 Å². The predicted molar refractivity (Wildman–Crippen MR) is 123 cm³/mol. The van der Waals surface area contributed by atoms with Crippen LogP contribution in [0.15, 0.2) is 54.6 Å². The number of aromatic nitrogens is 2. The molecule has 2 aromatic carbocycles. The number of amides is 1. The summed E-state index contributed by atoms with van der Waals surface area (Å²) in [6.07, 6.45) is 3.75. The summed E-state index contributed by atoms with van der Waals surface area (Å²) in [6.45, 7) is 1.98. The Balaban J connectivity index is 1.32. The van der Waals surface area contributed by atoms with Gasteiger partial charge in [-0.15, -0.1) is 0 Å². The van der Waals surface area contributed by atoms with Crippen LogP contribution in [-0.4, -0.2) is 38.3 Å². The van der Waals surface area contributed by atoms with Crippen molar-refractivity contribution in [2.75, 3.05) is 7.05 Å². The minimum atomic E-state index is -0.394. The second-order valence-electron chi connectivity index (χ2n) is 9.00. The first-order valence-corrected chi connectivity index (χ1v) is 11.2.